The van der Waals surface area contributed by atoms with Gasteiger partial charge < -0.3 is 19.9 Å². The first-order valence-corrected chi connectivity index (χ1v) is 12.6. The lowest BCUT2D eigenvalue weighted by Crippen LogP contribution is -2.27. The summed E-state index contributed by atoms with van der Waals surface area (Å²) in [6, 6.07) is 13.2. The molecule has 2 N–H and O–H groups in total. The Bertz CT molecular complexity index is 1240. The number of fused-ring (bicyclic) bond motifs is 1. The number of anilines is 1. The van der Waals surface area contributed by atoms with Crippen LogP contribution in [0.15, 0.2) is 48.7 Å². The molecule has 176 valence electrons. The third-order valence-corrected chi connectivity index (χ3v) is 8.18. The molecule has 2 fully saturated rings. The van der Waals surface area contributed by atoms with Crippen LogP contribution >= 0.6 is 22.9 Å². The van der Waals surface area contributed by atoms with Crippen LogP contribution in [0.3, 0.4) is 0 Å². The number of amides is 1. The maximum Gasteiger partial charge on any atom is 0.236 e. The number of halogens is 1. The smallest absolute Gasteiger partial charge is 0.236 e. The van der Waals surface area contributed by atoms with Gasteiger partial charge in [0, 0.05) is 29.2 Å². The van der Waals surface area contributed by atoms with Gasteiger partial charge in [-0.2, -0.15) is 0 Å². The second-order valence-corrected chi connectivity index (χ2v) is 10.6. The van der Waals surface area contributed by atoms with E-state index in [1.807, 2.05) is 42.5 Å². The van der Waals surface area contributed by atoms with E-state index in [0.717, 1.165) is 35.4 Å². The average Bonchev–Trinajstić information content (AvgIpc) is 3.12. The fraction of sp³-hybridized carbons (Fsp3) is 0.360. The number of rotatable bonds is 6. The molecule has 1 saturated carbocycles. The number of likely N-dealkylation sites (tertiary alicyclic amines) is 1. The van der Waals surface area contributed by atoms with Gasteiger partial charge in [-0.15, -0.1) is 11.3 Å². The third-order valence-electron chi connectivity index (χ3n) is 6.94. The van der Waals surface area contributed by atoms with Crippen molar-refractivity contribution in [3.8, 4) is 11.5 Å². The summed E-state index contributed by atoms with van der Waals surface area (Å²) in [5.74, 6) is 1.36. The minimum atomic E-state index is -0.541. The lowest BCUT2D eigenvalue weighted by molar-refractivity contribution is -0.118. The first-order valence-electron chi connectivity index (χ1n) is 11.4. The van der Waals surface area contributed by atoms with E-state index in [1.165, 1.54) is 11.3 Å². The second kappa shape index (κ2) is 8.53. The van der Waals surface area contributed by atoms with Crippen LogP contribution < -0.4 is 14.8 Å². The molecule has 2 aromatic carbocycles. The summed E-state index contributed by atoms with van der Waals surface area (Å²) >= 11 is 7.89. The SMILES string of the molecule is O=C(Nc1ncc(CN2CC[C@@H](O)[C@H]2c2ccccc2Cl)s1)C1(c2ccc3c(c2)OCO3)CC1. The zero-order chi connectivity index (χ0) is 23.3. The number of ether oxygens (including phenoxy) is 2. The third kappa shape index (κ3) is 3.84. The molecule has 2 atom stereocenters. The van der Waals surface area contributed by atoms with Crippen LogP contribution in [-0.4, -0.2) is 40.3 Å². The van der Waals surface area contributed by atoms with Gasteiger partial charge in [0.25, 0.3) is 0 Å². The van der Waals surface area contributed by atoms with Crippen LogP contribution in [0.4, 0.5) is 5.13 Å². The second-order valence-electron chi connectivity index (χ2n) is 9.03. The lowest BCUT2D eigenvalue weighted by atomic mass is 9.94. The number of hydrogen-bond donors (Lipinski definition) is 2. The van der Waals surface area contributed by atoms with E-state index < -0.39 is 11.5 Å². The van der Waals surface area contributed by atoms with Gasteiger partial charge in [-0.25, -0.2) is 4.98 Å². The molecule has 0 bridgehead atoms. The zero-order valence-electron chi connectivity index (χ0n) is 18.4. The predicted octanol–water partition coefficient (Wildman–Crippen LogP) is 4.50. The highest BCUT2D eigenvalue weighted by atomic mass is 35.5. The number of thiazole rings is 1. The molecule has 3 aromatic rings. The first-order chi connectivity index (χ1) is 16.5. The van der Waals surface area contributed by atoms with E-state index in [-0.39, 0.29) is 18.7 Å². The fourth-order valence-corrected chi connectivity index (χ4v) is 6.04. The minimum absolute atomic E-state index is 0.0437. The quantitative estimate of drug-likeness (QED) is 0.521. The van der Waals surface area contributed by atoms with Crippen LogP contribution in [0.5, 0.6) is 11.5 Å². The number of hydrogen-bond acceptors (Lipinski definition) is 7. The molecule has 34 heavy (non-hydrogen) atoms. The molecule has 6 rings (SSSR count). The first kappa shape index (κ1) is 21.9. The van der Waals surface area contributed by atoms with Gasteiger partial charge in [0.05, 0.1) is 17.6 Å². The molecule has 1 aliphatic carbocycles. The summed E-state index contributed by atoms with van der Waals surface area (Å²) in [6.07, 6.45) is 3.61. The molecular weight excluding hydrogens is 474 g/mol. The van der Waals surface area contributed by atoms with Gasteiger partial charge in [-0.3, -0.25) is 9.69 Å². The molecule has 0 unspecified atom stereocenters. The molecule has 1 amide bonds. The van der Waals surface area contributed by atoms with Crippen molar-refractivity contribution in [1.82, 2.24) is 9.88 Å². The van der Waals surface area contributed by atoms with Crippen molar-refractivity contribution in [2.75, 3.05) is 18.7 Å². The molecule has 2 aliphatic heterocycles. The minimum Gasteiger partial charge on any atom is -0.454 e. The molecular formula is C25H24ClN3O4S. The molecule has 0 radical (unpaired) electrons. The Hall–Kier alpha value is -2.65. The highest BCUT2D eigenvalue weighted by Crippen LogP contribution is 2.51. The van der Waals surface area contributed by atoms with Gasteiger partial charge in [0.1, 0.15) is 0 Å². The number of carbonyl (C=O) groups excluding carboxylic acids is 1. The van der Waals surface area contributed by atoms with E-state index in [2.05, 4.69) is 15.2 Å². The lowest BCUT2D eigenvalue weighted by Gasteiger charge is -2.26. The van der Waals surface area contributed by atoms with Gasteiger partial charge in [-0.1, -0.05) is 35.9 Å². The van der Waals surface area contributed by atoms with E-state index >= 15 is 0 Å². The van der Waals surface area contributed by atoms with Crippen molar-refractivity contribution >= 4 is 34.0 Å². The van der Waals surface area contributed by atoms with Crippen molar-refractivity contribution < 1.29 is 19.4 Å². The van der Waals surface area contributed by atoms with Crippen molar-refractivity contribution in [3.63, 3.8) is 0 Å². The number of aromatic nitrogens is 1. The molecule has 1 saturated heterocycles. The Balaban J connectivity index is 1.15. The number of aliphatic hydroxyl groups excluding tert-OH is 1. The highest BCUT2D eigenvalue weighted by molar-refractivity contribution is 7.15. The van der Waals surface area contributed by atoms with Crippen LogP contribution in [0, 0.1) is 0 Å². The Morgan fingerprint density at radius 3 is 2.88 bits per heavy atom. The number of carbonyl (C=O) groups is 1. The molecule has 3 heterocycles. The summed E-state index contributed by atoms with van der Waals surface area (Å²) in [5, 5.41) is 14.9. The van der Waals surface area contributed by atoms with Gasteiger partial charge in [0.2, 0.25) is 12.7 Å². The van der Waals surface area contributed by atoms with E-state index in [1.54, 1.807) is 6.20 Å². The molecule has 9 heteroatoms. The Morgan fingerprint density at radius 2 is 2.06 bits per heavy atom. The van der Waals surface area contributed by atoms with Gasteiger partial charge >= 0.3 is 0 Å². The monoisotopic (exact) mass is 497 g/mol. The predicted molar refractivity (Wildman–Crippen MR) is 129 cm³/mol. The van der Waals surface area contributed by atoms with E-state index in [0.29, 0.717) is 34.6 Å². The van der Waals surface area contributed by atoms with Crippen LogP contribution in [0.2, 0.25) is 5.02 Å². The van der Waals surface area contributed by atoms with E-state index in [9.17, 15) is 9.90 Å². The summed E-state index contributed by atoms with van der Waals surface area (Å²) < 4.78 is 10.9. The number of aliphatic hydroxyl groups is 1. The Kier molecular flexibility index (Phi) is 5.49. The normalized spacial score (nSPS) is 22.6. The van der Waals surface area contributed by atoms with Crippen molar-refractivity contribution in [3.05, 3.63) is 69.7 Å². The van der Waals surface area contributed by atoms with Crippen molar-refractivity contribution in [2.24, 2.45) is 0 Å². The van der Waals surface area contributed by atoms with Crippen molar-refractivity contribution in [2.45, 2.75) is 43.4 Å². The molecule has 1 aromatic heterocycles. The summed E-state index contributed by atoms with van der Waals surface area (Å²) in [4.78, 5) is 20.9. The van der Waals surface area contributed by atoms with Crippen LogP contribution in [0.25, 0.3) is 0 Å². The topological polar surface area (TPSA) is 83.9 Å². The van der Waals surface area contributed by atoms with Gasteiger partial charge in [-0.05, 0) is 48.6 Å². The molecule has 7 nitrogen and oxygen atoms in total. The largest absolute Gasteiger partial charge is 0.454 e. The van der Waals surface area contributed by atoms with Crippen LogP contribution in [-0.2, 0) is 16.8 Å². The standard InChI is InChI=1S/C25H24ClN3O4S/c26-18-4-2-1-3-17(18)22-19(30)7-10-29(22)13-16-12-27-24(34-16)28-23(31)25(8-9-25)15-5-6-20-21(11-15)33-14-32-20/h1-6,11-12,19,22,30H,7-10,13-14H2,(H,27,28,31)/t19-,22-/m1/s1. The molecule has 3 aliphatic rings. The Labute approximate surface area is 206 Å². The fourth-order valence-electron chi connectivity index (χ4n) is 4.96. The average molecular weight is 498 g/mol. The Morgan fingerprint density at radius 1 is 1.24 bits per heavy atom. The number of benzene rings is 2. The van der Waals surface area contributed by atoms with Crippen LogP contribution in [0.1, 0.15) is 41.3 Å². The summed E-state index contributed by atoms with van der Waals surface area (Å²) in [6.45, 7) is 1.61. The number of nitrogens with one attached hydrogen (secondary N) is 1. The summed E-state index contributed by atoms with van der Waals surface area (Å²) in [7, 11) is 0. The maximum atomic E-state index is 13.2. The van der Waals surface area contributed by atoms with Crippen molar-refractivity contribution in [1.29, 1.82) is 0 Å². The van der Waals surface area contributed by atoms with E-state index in [4.69, 9.17) is 21.1 Å². The highest BCUT2D eigenvalue weighted by Gasteiger charge is 2.52. The van der Waals surface area contributed by atoms with Gasteiger partial charge in [0.15, 0.2) is 16.6 Å². The zero-order valence-corrected chi connectivity index (χ0v) is 19.9. The molecule has 0 spiro atoms. The number of nitrogens with zero attached hydrogens (tertiary/aromatic N) is 2. The maximum absolute atomic E-state index is 13.2. The summed E-state index contributed by atoms with van der Waals surface area (Å²) in [5.41, 5.74) is 1.34.